The van der Waals surface area contributed by atoms with Crippen LogP contribution in [0.5, 0.6) is 0 Å². The maximum absolute atomic E-state index is 12.1. The number of hydrogen-bond acceptors (Lipinski definition) is 1. The third-order valence-electron chi connectivity index (χ3n) is 12.8. The average molecular weight is 806 g/mol. The highest BCUT2D eigenvalue weighted by molar-refractivity contribution is 6.16. The van der Waals surface area contributed by atoms with Gasteiger partial charge in [-0.15, -0.1) is 0 Å². The Morgan fingerprint density at radius 2 is 0.571 bits per heavy atom. The van der Waals surface area contributed by atoms with Crippen molar-refractivity contribution in [3.8, 4) is 28.8 Å². The van der Waals surface area contributed by atoms with E-state index < -0.39 is 0 Å². The molecule has 0 saturated heterocycles. The molecule has 9 aromatic carbocycles. The van der Waals surface area contributed by atoms with E-state index in [1.54, 1.807) is 0 Å². The van der Waals surface area contributed by atoms with Gasteiger partial charge in [0.05, 0.1) is 79.0 Å². The minimum absolute atomic E-state index is 0.376. The summed E-state index contributed by atoms with van der Waals surface area (Å²) in [7, 11) is 1.25. The highest BCUT2D eigenvalue weighted by Gasteiger charge is 2.34. The molecule has 294 valence electrons. The molecule has 0 aliphatic carbocycles. The molecule has 4 heterocycles. The number of benzene rings is 9. The molecule has 13 rings (SSSR count). The van der Waals surface area contributed by atoms with Gasteiger partial charge in [-0.3, -0.25) is 0 Å². The predicted octanol–water partition coefficient (Wildman–Crippen LogP) is 15.1. The zero-order chi connectivity index (χ0) is 43.1. The van der Waals surface area contributed by atoms with Crippen LogP contribution >= 0.6 is 0 Å². The van der Waals surface area contributed by atoms with Crippen molar-refractivity contribution in [2.45, 2.75) is 7.40 Å². The predicted molar refractivity (Wildman–Crippen MR) is 262 cm³/mol. The molecule has 0 aliphatic heterocycles. The van der Waals surface area contributed by atoms with Crippen molar-refractivity contribution in [3.05, 3.63) is 211 Å². The SMILES string of the molecule is [2H]C.[C-]#[N+]c1c(-n2c3ccccc3c3ccccc32)c(C#N)c(-n2c3ccccc3c3ccccc32)c(-n2c3ccccc3c3ccccc32)c1-n1c2ccccc2c2ccccc21. The number of nitriles is 1. The van der Waals surface area contributed by atoms with Crippen LogP contribution in [0.4, 0.5) is 5.69 Å². The lowest BCUT2D eigenvalue weighted by Crippen LogP contribution is -2.14. The maximum Gasteiger partial charge on any atom is 0.237 e. The number of para-hydroxylation sites is 8. The van der Waals surface area contributed by atoms with Crippen LogP contribution in [0.2, 0.25) is 0 Å². The van der Waals surface area contributed by atoms with Gasteiger partial charge in [0.15, 0.2) is 0 Å². The molecule has 0 N–H and O–H groups in total. The van der Waals surface area contributed by atoms with E-state index in [1.807, 2.05) is 12.1 Å². The third kappa shape index (κ3) is 4.75. The Bertz CT molecular complexity index is 3780. The van der Waals surface area contributed by atoms with Gasteiger partial charge in [-0.1, -0.05) is 153 Å². The third-order valence-corrected chi connectivity index (χ3v) is 12.8. The van der Waals surface area contributed by atoms with Crippen LogP contribution in [-0.4, -0.2) is 18.3 Å². The minimum atomic E-state index is 0.376. The zero-order valence-electron chi connectivity index (χ0n) is 35.2. The standard InChI is InChI=1S/C56H32N6.CH4/c1-58-52-53(59-44-26-10-2-18-35(44)36-19-3-11-27-45(36)59)43(34-57)54(60-46-28-12-4-20-37(46)38-21-5-13-29-47(38)60)56(62-50-32-16-8-24-41(50)42-25-9-17-33-51(42)62)55(52)61-48-30-14-6-22-39(48)40-23-7-15-31-49(40)61;/h2-33H;1H4/i;1D. The number of fused-ring (bicyclic) bond motifs is 12. The van der Waals surface area contributed by atoms with Crippen molar-refractivity contribution in [2.75, 3.05) is 0 Å². The molecule has 4 aromatic heterocycles. The number of aromatic nitrogens is 4. The molecule has 6 heteroatoms. The molecule has 63 heavy (non-hydrogen) atoms. The molecule has 0 aliphatic rings. The minimum Gasteiger partial charge on any atom is -0.318 e. The van der Waals surface area contributed by atoms with E-state index in [4.69, 9.17) is 1.37 Å². The van der Waals surface area contributed by atoms with Crippen LogP contribution in [0.15, 0.2) is 194 Å². The van der Waals surface area contributed by atoms with Gasteiger partial charge in [-0.25, -0.2) is 4.85 Å². The quantitative estimate of drug-likeness (QED) is 0.163. The first-order chi connectivity index (χ1) is 31.8. The molecule has 0 unspecified atom stereocenters. The van der Waals surface area contributed by atoms with Crippen LogP contribution in [-0.2, 0) is 0 Å². The highest BCUT2D eigenvalue weighted by atomic mass is 15.1. The Hall–Kier alpha value is -8.84. The van der Waals surface area contributed by atoms with Gasteiger partial charge in [0.1, 0.15) is 6.07 Å². The van der Waals surface area contributed by atoms with E-state index in [-0.39, 0.29) is 0 Å². The fourth-order valence-corrected chi connectivity index (χ4v) is 10.4. The van der Waals surface area contributed by atoms with Crippen molar-refractivity contribution in [2.24, 2.45) is 0 Å². The normalized spacial score (nSPS) is 11.8. The number of nitrogens with zero attached hydrogens (tertiary/aromatic N) is 6. The molecule has 13 aromatic rings. The van der Waals surface area contributed by atoms with Crippen molar-refractivity contribution < 1.29 is 1.37 Å². The fourth-order valence-electron chi connectivity index (χ4n) is 10.4. The highest BCUT2D eigenvalue weighted by Crippen LogP contribution is 2.51. The van der Waals surface area contributed by atoms with E-state index in [1.165, 1.54) is 7.40 Å². The van der Waals surface area contributed by atoms with Gasteiger partial charge in [-0.2, -0.15) is 5.26 Å². The van der Waals surface area contributed by atoms with Gasteiger partial charge in [-0.05, 0) is 48.5 Å². The topological polar surface area (TPSA) is 47.9 Å². The van der Waals surface area contributed by atoms with E-state index in [0.717, 1.165) is 92.9 Å². The van der Waals surface area contributed by atoms with Gasteiger partial charge in [0, 0.05) is 44.5 Å². The Morgan fingerprint density at radius 3 is 0.825 bits per heavy atom. The molecule has 0 saturated carbocycles. The Balaban J connectivity index is 0.00000214. The smallest absolute Gasteiger partial charge is 0.237 e. The summed E-state index contributed by atoms with van der Waals surface area (Å²) in [4.78, 5) is 4.63. The monoisotopic (exact) mass is 805 g/mol. The first kappa shape index (κ1) is 35.0. The zero-order valence-corrected chi connectivity index (χ0v) is 34.2. The van der Waals surface area contributed by atoms with E-state index in [9.17, 15) is 11.8 Å². The average Bonchev–Trinajstić information content (AvgIpc) is 4.09. The molecule has 6 nitrogen and oxygen atoms in total. The Kier molecular flexibility index (Phi) is 7.54. The molecule has 0 spiro atoms. The van der Waals surface area contributed by atoms with Crippen molar-refractivity contribution in [1.29, 1.82) is 5.26 Å². The second kappa shape index (κ2) is 13.6. The van der Waals surface area contributed by atoms with Crippen molar-refractivity contribution in [1.82, 2.24) is 18.3 Å². The van der Waals surface area contributed by atoms with Gasteiger partial charge in [0.25, 0.3) is 0 Å². The lowest BCUT2D eigenvalue weighted by Gasteiger charge is -2.27. The lowest BCUT2D eigenvalue weighted by molar-refractivity contribution is 1.03. The Morgan fingerprint density at radius 1 is 0.349 bits per heavy atom. The summed E-state index contributed by atoms with van der Waals surface area (Å²) >= 11 is 0. The maximum atomic E-state index is 12.1. The number of rotatable bonds is 4. The van der Waals surface area contributed by atoms with E-state index in [0.29, 0.717) is 28.3 Å². The largest absolute Gasteiger partial charge is 0.318 e. The van der Waals surface area contributed by atoms with Crippen LogP contribution in [0.3, 0.4) is 0 Å². The van der Waals surface area contributed by atoms with Gasteiger partial charge >= 0.3 is 0 Å². The summed E-state index contributed by atoms with van der Waals surface area (Å²) in [5.74, 6) is 0. The molecule has 0 radical (unpaired) electrons. The summed E-state index contributed by atoms with van der Waals surface area (Å²) in [5, 5.41) is 20.7. The van der Waals surface area contributed by atoms with Crippen LogP contribution < -0.4 is 0 Å². The van der Waals surface area contributed by atoms with Crippen molar-refractivity contribution >= 4 is 92.9 Å². The van der Waals surface area contributed by atoms with E-state index >= 15 is 0 Å². The summed E-state index contributed by atoms with van der Waals surface area (Å²) in [5.41, 5.74) is 11.1. The molecule has 0 fully saturated rings. The molecule has 0 amide bonds. The second-order valence-electron chi connectivity index (χ2n) is 15.8. The first-order valence-corrected chi connectivity index (χ1v) is 20.7. The second-order valence-corrected chi connectivity index (χ2v) is 15.8. The summed E-state index contributed by atoms with van der Waals surface area (Å²) in [6, 6.07) is 70.3. The summed E-state index contributed by atoms with van der Waals surface area (Å²) < 4.78 is 14.8. The first-order valence-electron chi connectivity index (χ1n) is 21.7. The molecular formula is C57H36N6. The Labute approximate surface area is 363 Å². The lowest BCUT2D eigenvalue weighted by atomic mass is 10.0. The molecule has 0 atom stereocenters. The van der Waals surface area contributed by atoms with Crippen LogP contribution in [0.1, 0.15) is 14.3 Å². The molecular weight excluding hydrogens is 769 g/mol. The van der Waals surface area contributed by atoms with E-state index in [2.05, 4.69) is 211 Å². The summed E-state index contributed by atoms with van der Waals surface area (Å²) in [6.45, 7) is 9.46. The van der Waals surface area contributed by atoms with Crippen molar-refractivity contribution in [3.63, 3.8) is 0 Å². The van der Waals surface area contributed by atoms with Gasteiger partial charge < -0.3 is 18.3 Å². The molecule has 0 bridgehead atoms. The fraction of sp³-hybridized carbons (Fsp3) is 0.0175. The number of hydrogen-bond donors (Lipinski definition) is 0. The van der Waals surface area contributed by atoms with Crippen LogP contribution in [0.25, 0.3) is 115 Å². The summed E-state index contributed by atoms with van der Waals surface area (Å²) in [6.07, 6.45) is 0. The van der Waals surface area contributed by atoms with Gasteiger partial charge in [0.2, 0.25) is 5.69 Å². The van der Waals surface area contributed by atoms with Crippen LogP contribution in [0, 0.1) is 17.9 Å².